The van der Waals surface area contributed by atoms with Crippen LogP contribution < -0.4 is 10.6 Å². The lowest BCUT2D eigenvalue weighted by Crippen LogP contribution is -2.61. The molecule has 68 heavy (non-hydrogen) atoms. The first-order valence-electron chi connectivity index (χ1n) is 24.3. The van der Waals surface area contributed by atoms with Crippen molar-refractivity contribution < 1.29 is 52.9 Å². The first-order chi connectivity index (χ1) is 31.6. The van der Waals surface area contributed by atoms with Crippen LogP contribution in [0.5, 0.6) is 0 Å². The number of ether oxygens (including phenoxy) is 3. The van der Waals surface area contributed by atoms with Crippen LogP contribution in [0.25, 0.3) is 0 Å². The van der Waals surface area contributed by atoms with Crippen LogP contribution in [0.3, 0.4) is 0 Å². The van der Waals surface area contributed by atoms with Gasteiger partial charge in [0.15, 0.2) is 0 Å². The normalized spacial score (nSPS) is 18.1. The number of carbonyl (C=O) groups is 7. The minimum Gasteiger partial charge on any atom is -0.480 e. The van der Waals surface area contributed by atoms with Crippen LogP contribution in [0.2, 0.25) is 0 Å². The fourth-order valence-electron chi connectivity index (χ4n) is 9.26. The standard InChI is InChI=1S/C51H86N6O11/c1-18-33(8)43(39(66-16)29-40(58)57-26-22-25-37(57)44(67-17)34(9)45(59)52-36(49(63)64)28-35-23-20-19-21-24-35)56(15)48(62)41(31(4)5)53-46(60)42(32(6)7)55(14)47(61)38(27-30(2)3)54(13)50(65)68-51(10,11)12/h19-21,23-24,30-34,36-39,41-44H,18,22,25-29H2,1-17H3,(H,52,59)(H,53,60)(H,63,64)/t33-,34+,36-,37-,38-,39+,41-,42-,43-,44+/m0/s1. The van der Waals surface area contributed by atoms with Gasteiger partial charge < -0.3 is 44.7 Å². The van der Waals surface area contributed by atoms with Gasteiger partial charge in [0.1, 0.15) is 29.8 Å². The number of carboxylic acids is 1. The van der Waals surface area contributed by atoms with Crippen molar-refractivity contribution in [2.24, 2.45) is 29.6 Å². The van der Waals surface area contributed by atoms with Crippen LogP contribution >= 0.6 is 0 Å². The molecule has 0 unspecified atom stereocenters. The summed E-state index contributed by atoms with van der Waals surface area (Å²) in [6.07, 6.45) is 0.0364. The molecule has 1 fully saturated rings. The summed E-state index contributed by atoms with van der Waals surface area (Å²) in [5.74, 6) is -4.94. The van der Waals surface area contributed by atoms with Crippen LogP contribution in [0, 0.1) is 29.6 Å². The average molecular weight is 959 g/mol. The molecule has 1 aliphatic heterocycles. The monoisotopic (exact) mass is 959 g/mol. The molecule has 0 saturated carbocycles. The number of nitrogens with one attached hydrogen (secondary N) is 2. The van der Waals surface area contributed by atoms with Crippen LogP contribution in [-0.4, -0.2) is 162 Å². The van der Waals surface area contributed by atoms with Crippen LogP contribution in [-0.2, 0) is 49.4 Å². The highest BCUT2D eigenvalue weighted by Gasteiger charge is 2.44. The van der Waals surface area contributed by atoms with Crippen molar-refractivity contribution >= 4 is 41.6 Å². The smallest absolute Gasteiger partial charge is 0.410 e. The van der Waals surface area contributed by atoms with Gasteiger partial charge in [-0.15, -0.1) is 0 Å². The molecule has 10 atom stereocenters. The van der Waals surface area contributed by atoms with Crippen molar-refractivity contribution in [1.82, 2.24) is 30.2 Å². The number of amides is 6. The minimum atomic E-state index is -1.16. The van der Waals surface area contributed by atoms with Crippen LogP contribution in [0.15, 0.2) is 30.3 Å². The largest absolute Gasteiger partial charge is 0.480 e. The van der Waals surface area contributed by atoms with E-state index in [1.807, 2.05) is 61.5 Å². The minimum absolute atomic E-state index is 0.0311. The molecular weight excluding hydrogens is 873 g/mol. The Morgan fingerprint density at radius 2 is 1.41 bits per heavy atom. The second-order valence-corrected chi connectivity index (χ2v) is 20.8. The molecule has 1 aromatic carbocycles. The number of likely N-dealkylation sites (tertiary alicyclic amines) is 1. The summed E-state index contributed by atoms with van der Waals surface area (Å²) in [5.41, 5.74) is -0.0233. The maximum Gasteiger partial charge on any atom is 0.410 e. The van der Waals surface area contributed by atoms with E-state index in [2.05, 4.69) is 10.6 Å². The molecule has 1 aromatic rings. The molecule has 3 N–H and O–H groups in total. The highest BCUT2D eigenvalue weighted by atomic mass is 16.6. The van der Waals surface area contributed by atoms with Gasteiger partial charge in [-0.3, -0.25) is 28.9 Å². The number of rotatable bonds is 25. The van der Waals surface area contributed by atoms with Crippen molar-refractivity contribution in [3.63, 3.8) is 0 Å². The fourth-order valence-corrected chi connectivity index (χ4v) is 9.26. The molecule has 0 radical (unpaired) electrons. The van der Waals surface area contributed by atoms with Crippen molar-refractivity contribution in [2.75, 3.05) is 41.9 Å². The molecule has 1 heterocycles. The molecule has 17 heteroatoms. The van der Waals surface area contributed by atoms with E-state index < -0.39 is 95.7 Å². The first-order valence-corrected chi connectivity index (χ1v) is 24.3. The zero-order chi connectivity index (χ0) is 52.0. The van der Waals surface area contributed by atoms with Crippen molar-refractivity contribution in [2.45, 2.75) is 176 Å². The van der Waals surface area contributed by atoms with E-state index in [1.165, 1.54) is 38.1 Å². The molecule has 6 amide bonds. The van der Waals surface area contributed by atoms with Crippen molar-refractivity contribution in [3.05, 3.63) is 35.9 Å². The summed E-state index contributed by atoms with van der Waals surface area (Å²) < 4.78 is 17.5. The molecule has 0 bridgehead atoms. The van der Waals surface area contributed by atoms with Gasteiger partial charge in [-0.25, -0.2) is 9.59 Å². The quantitative estimate of drug-likeness (QED) is 0.110. The Labute approximate surface area is 406 Å². The van der Waals surface area contributed by atoms with Crippen molar-refractivity contribution in [1.29, 1.82) is 0 Å². The lowest BCUT2D eigenvalue weighted by Gasteiger charge is -2.41. The predicted octanol–water partition coefficient (Wildman–Crippen LogP) is 5.62. The summed E-state index contributed by atoms with van der Waals surface area (Å²) in [6, 6.07) is 3.86. The number of carboxylic acid groups (broad SMARTS) is 1. The summed E-state index contributed by atoms with van der Waals surface area (Å²) in [6.45, 7) is 22.5. The van der Waals surface area contributed by atoms with Gasteiger partial charge in [0.2, 0.25) is 29.5 Å². The van der Waals surface area contributed by atoms with Gasteiger partial charge in [-0.1, -0.05) is 99.1 Å². The Kier molecular flexibility index (Phi) is 23.4. The second kappa shape index (κ2) is 26.8. The Morgan fingerprint density at radius 1 is 0.809 bits per heavy atom. The second-order valence-electron chi connectivity index (χ2n) is 20.8. The summed E-state index contributed by atoms with van der Waals surface area (Å²) in [5, 5.41) is 15.6. The zero-order valence-electron chi connectivity index (χ0n) is 44.2. The number of hydrogen-bond donors (Lipinski definition) is 3. The average Bonchev–Trinajstić information content (AvgIpc) is 3.75. The maximum absolute atomic E-state index is 14.7. The lowest BCUT2D eigenvalue weighted by atomic mass is 9.89. The fraction of sp³-hybridized carbons (Fsp3) is 0.745. The highest BCUT2D eigenvalue weighted by molar-refractivity contribution is 5.94. The van der Waals surface area contributed by atoms with Gasteiger partial charge in [0, 0.05) is 48.3 Å². The third-order valence-corrected chi connectivity index (χ3v) is 13.2. The number of aliphatic carboxylic acids is 1. The first kappa shape index (κ1) is 59.4. The summed E-state index contributed by atoms with van der Waals surface area (Å²) >= 11 is 0. The van der Waals surface area contributed by atoms with Crippen LogP contribution in [0.4, 0.5) is 4.79 Å². The number of benzene rings is 1. The number of nitrogens with zero attached hydrogens (tertiary/aromatic N) is 4. The third-order valence-electron chi connectivity index (χ3n) is 13.2. The van der Waals surface area contributed by atoms with Gasteiger partial charge in [-0.05, 0) is 69.3 Å². The topological polar surface area (TPSA) is 204 Å². The molecule has 17 nitrogen and oxygen atoms in total. The zero-order valence-corrected chi connectivity index (χ0v) is 44.2. The van der Waals surface area contributed by atoms with Gasteiger partial charge in [0.25, 0.3) is 0 Å². The van der Waals surface area contributed by atoms with E-state index in [-0.39, 0.29) is 42.4 Å². The SMILES string of the molecule is CC[C@H](C)[C@@H]([C@@H](CC(=O)N1CCC[C@H]1[C@H](OC)[C@@H](C)C(=O)N[C@@H](Cc1ccccc1)C(=O)O)OC)N(C)C(=O)[C@@H](NC(=O)[C@H](C(C)C)N(C)C(=O)[C@H](CC(C)C)N(C)C(=O)OC(C)(C)C)C(C)C. The van der Waals surface area contributed by atoms with E-state index >= 15 is 0 Å². The summed E-state index contributed by atoms with van der Waals surface area (Å²) in [7, 11) is 7.68. The number of carbonyl (C=O) groups excluding carboxylic acids is 6. The number of methoxy groups -OCH3 is 2. The molecule has 1 aliphatic rings. The van der Waals surface area contributed by atoms with Crippen LogP contribution in [0.1, 0.15) is 121 Å². The Bertz CT molecular complexity index is 1820. The molecule has 0 aromatic heterocycles. The van der Waals surface area contributed by atoms with E-state index in [0.717, 1.165) is 5.56 Å². The molecule has 0 spiro atoms. The Hall–Kier alpha value is -4.77. The van der Waals surface area contributed by atoms with Crippen molar-refractivity contribution in [3.8, 4) is 0 Å². The Balaban J connectivity index is 2.36. The molecule has 1 saturated heterocycles. The van der Waals surface area contributed by atoms with Gasteiger partial charge in [0.05, 0.1) is 36.6 Å². The maximum atomic E-state index is 14.7. The van der Waals surface area contributed by atoms with Gasteiger partial charge in [-0.2, -0.15) is 0 Å². The number of hydrogen-bond acceptors (Lipinski definition) is 10. The number of likely N-dealkylation sites (N-methyl/N-ethyl adjacent to an activating group) is 3. The lowest BCUT2D eigenvalue weighted by molar-refractivity contribution is -0.149. The Morgan fingerprint density at radius 3 is 1.90 bits per heavy atom. The predicted molar refractivity (Wildman–Crippen MR) is 261 cm³/mol. The summed E-state index contributed by atoms with van der Waals surface area (Å²) in [4.78, 5) is 103. The van der Waals surface area contributed by atoms with E-state index in [0.29, 0.717) is 32.2 Å². The van der Waals surface area contributed by atoms with E-state index in [1.54, 1.807) is 68.8 Å². The third kappa shape index (κ3) is 16.4. The molecular formula is C51H86N6O11. The van der Waals surface area contributed by atoms with Gasteiger partial charge >= 0.3 is 12.1 Å². The molecule has 2 rings (SSSR count). The van der Waals surface area contributed by atoms with E-state index in [4.69, 9.17) is 14.2 Å². The molecule has 386 valence electrons. The highest BCUT2D eigenvalue weighted by Crippen LogP contribution is 2.30. The van der Waals surface area contributed by atoms with E-state index in [9.17, 15) is 38.7 Å². The molecule has 0 aliphatic carbocycles.